The smallest absolute Gasteiger partial charge is 0.190 e. The number of aryl methyl sites for hydroxylation is 1. The number of H-pyrrole nitrogens is 1. The lowest BCUT2D eigenvalue weighted by molar-refractivity contribution is 0.0168. The number of aromatic nitrogens is 1. The molecule has 0 saturated carbocycles. The average Bonchev–Trinajstić information content (AvgIpc) is 3.34. The van der Waals surface area contributed by atoms with Gasteiger partial charge in [-0.1, -0.05) is 18.2 Å². The average molecular weight is 500 g/mol. The number of hydrogen-bond donors (Lipinski definition) is 3. The maximum atomic E-state index is 5.68. The summed E-state index contributed by atoms with van der Waals surface area (Å²) in [5.74, 6) is 0.838. The maximum absolute atomic E-state index is 5.68. The molecular weight excluding hydrogens is 467 g/mol. The van der Waals surface area contributed by atoms with Gasteiger partial charge in [-0.2, -0.15) is 0 Å². The number of nitrogens with zero attached hydrogens (tertiary/aromatic N) is 1. The van der Waals surface area contributed by atoms with E-state index < -0.39 is 0 Å². The fourth-order valence-electron chi connectivity index (χ4n) is 3.48. The molecule has 2 aromatic rings. The number of halogens is 1. The van der Waals surface area contributed by atoms with Crippen LogP contribution in [0.4, 0.5) is 0 Å². The van der Waals surface area contributed by atoms with E-state index in [4.69, 9.17) is 9.47 Å². The summed E-state index contributed by atoms with van der Waals surface area (Å²) in [5.41, 5.74) is 3.85. The molecule has 3 N–H and O–H groups in total. The third-order valence-corrected chi connectivity index (χ3v) is 5.01. The summed E-state index contributed by atoms with van der Waals surface area (Å²) in [6.45, 7) is 6.18. The largest absolute Gasteiger partial charge is 0.379 e. The fraction of sp³-hybridized carbons (Fsp3) is 0.571. The molecule has 1 aliphatic rings. The van der Waals surface area contributed by atoms with E-state index in [1.165, 1.54) is 22.0 Å². The molecule has 1 atom stereocenters. The van der Waals surface area contributed by atoms with Crippen molar-refractivity contribution >= 4 is 40.8 Å². The Kier molecular flexibility index (Phi) is 10.1. The molecule has 0 amide bonds. The number of aromatic amines is 1. The second-order valence-electron chi connectivity index (χ2n) is 7.05. The molecule has 1 fully saturated rings. The van der Waals surface area contributed by atoms with Gasteiger partial charge in [-0.15, -0.1) is 24.0 Å². The van der Waals surface area contributed by atoms with Crippen molar-refractivity contribution in [2.24, 2.45) is 4.99 Å². The van der Waals surface area contributed by atoms with Gasteiger partial charge in [0, 0.05) is 50.5 Å². The van der Waals surface area contributed by atoms with Crippen LogP contribution >= 0.6 is 24.0 Å². The molecule has 0 spiro atoms. The zero-order valence-electron chi connectivity index (χ0n) is 16.9. The molecule has 2 heterocycles. The minimum atomic E-state index is 0. The van der Waals surface area contributed by atoms with Crippen LogP contribution < -0.4 is 10.6 Å². The Balaban J connectivity index is 0.00000280. The molecule has 1 unspecified atom stereocenters. The molecule has 0 bridgehead atoms. The summed E-state index contributed by atoms with van der Waals surface area (Å²) in [5, 5.41) is 8.04. The first-order chi connectivity index (χ1) is 13.3. The number of aliphatic imine (C=N–C) groups is 1. The molecule has 156 valence electrons. The number of fused-ring (bicyclic) bond motifs is 1. The molecule has 7 heteroatoms. The highest BCUT2D eigenvalue weighted by molar-refractivity contribution is 14.0. The molecule has 0 aliphatic carbocycles. The van der Waals surface area contributed by atoms with Gasteiger partial charge in [-0.25, -0.2) is 0 Å². The lowest BCUT2D eigenvalue weighted by atomic mass is 10.1. The fourth-order valence-corrected chi connectivity index (χ4v) is 3.48. The molecule has 6 nitrogen and oxygen atoms in total. The Morgan fingerprint density at radius 3 is 2.96 bits per heavy atom. The van der Waals surface area contributed by atoms with Crippen molar-refractivity contribution < 1.29 is 9.47 Å². The third kappa shape index (κ3) is 6.63. The van der Waals surface area contributed by atoms with Crippen molar-refractivity contribution in [1.29, 1.82) is 0 Å². The summed E-state index contributed by atoms with van der Waals surface area (Å²) >= 11 is 0. The summed E-state index contributed by atoms with van der Waals surface area (Å²) < 4.78 is 11.2. The number of hydrogen-bond acceptors (Lipinski definition) is 3. The Hall–Kier alpha value is -1.32. The van der Waals surface area contributed by atoms with Crippen LogP contribution in [0, 0.1) is 6.92 Å². The highest BCUT2D eigenvalue weighted by Crippen LogP contribution is 2.21. The Morgan fingerprint density at radius 1 is 1.32 bits per heavy atom. The number of rotatable bonds is 9. The minimum Gasteiger partial charge on any atom is -0.379 e. The van der Waals surface area contributed by atoms with E-state index in [-0.39, 0.29) is 24.0 Å². The van der Waals surface area contributed by atoms with Crippen LogP contribution in [0.3, 0.4) is 0 Å². The van der Waals surface area contributed by atoms with Crippen molar-refractivity contribution in [2.75, 3.05) is 40.0 Å². The second kappa shape index (κ2) is 12.3. The topological polar surface area (TPSA) is 70.7 Å². The molecule has 1 aliphatic heterocycles. The van der Waals surface area contributed by atoms with Crippen molar-refractivity contribution in [2.45, 2.75) is 38.7 Å². The van der Waals surface area contributed by atoms with E-state index in [1.807, 2.05) is 0 Å². The summed E-state index contributed by atoms with van der Waals surface area (Å²) in [4.78, 5) is 7.68. The molecule has 1 aromatic heterocycles. The van der Waals surface area contributed by atoms with Gasteiger partial charge in [-0.05, 0) is 43.7 Å². The van der Waals surface area contributed by atoms with Gasteiger partial charge in [0.25, 0.3) is 0 Å². The minimum absolute atomic E-state index is 0. The zero-order valence-corrected chi connectivity index (χ0v) is 19.3. The normalized spacial score (nSPS) is 16.9. The summed E-state index contributed by atoms with van der Waals surface area (Å²) in [7, 11) is 1.80. The van der Waals surface area contributed by atoms with Crippen LogP contribution in [0.2, 0.25) is 0 Å². The summed E-state index contributed by atoms with van der Waals surface area (Å²) in [6.07, 6.45) is 6.62. The standard InChI is InChI=1S/C21H32N4O2.HI/c1-16-6-3-8-19-17(14-25-20(16)19)9-11-24-21(22-2)23-10-5-12-26-15-18-7-4-13-27-18;/h3,6,8,14,18,25H,4-5,7,9-13,15H2,1-2H3,(H2,22,23,24);1H. The molecule has 1 saturated heterocycles. The number of benzene rings is 1. The van der Waals surface area contributed by atoms with Crippen LogP contribution in [-0.2, 0) is 15.9 Å². The second-order valence-corrected chi connectivity index (χ2v) is 7.05. The van der Waals surface area contributed by atoms with Gasteiger partial charge in [0.05, 0.1) is 12.7 Å². The van der Waals surface area contributed by atoms with Gasteiger partial charge >= 0.3 is 0 Å². The van der Waals surface area contributed by atoms with Crippen LogP contribution in [0.15, 0.2) is 29.4 Å². The number of nitrogens with one attached hydrogen (secondary N) is 3. The first-order valence-corrected chi connectivity index (χ1v) is 9.97. The quantitative estimate of drug-likeness (QED) is 0.214. The lowest BCUT2D eigenvalue weighted by Gasteiger charge is -2.13. The first kappa shape index (κ1) is 23.0. The van der Waals surface area contributed by atoms with Gasteiger partial charge < -0.3 is 25.1 Å². The van der Waals surface area contributed by atoms with E-state index in [1.54, 1.807) is 7.05 Å². The first-order valence-electron chi connectivity index (χ1n) is 9.97. The molecule has 1 aromatic carbocycles. The van der Waals surface area contributed by atoms with E-state index >= 15 is 0 Å². The molecular formula is C21H33IN4O2. The van der Waals surface area contributed by atoms with Crippen molar-refractivity contribution in [3.63, 3.8) is 0 Å². The van der Waals surface area contributed by atoms with Gasteiger partial charge in [0.1, 0.15) is 0 Å². The summed E-state index contributed by atoms with van der Waals surface area (Å²) in [6, 6.07) is 6.43. The lowest BCUT2D eigenvalue weighted by Crippen LogP contribution is -2.39. The van der Waals surface area contributed by atoms with Gasteiger partial charge in [0.2, 0.25) is 0 Å². The van der Waals surface area contributed by atoms with Crippen LogP contribution in [0.5, 0.6) is 0 Å². The number of ether oxygens (including phenoxy) is 2. The predicted molar refractivity (Wildman–Crippen MR) is 126 cm³/mol. The molecule has 0 radical (unpaired) electrons. The SMILES string of the molecule is CN=C(NCCCOCC1CCCO1)NCCc1c[nH]c2c(C)cccc12.I. The Morgan fingerprint density at radius 2 is 2.18 bits per heavy atom. The predicted octanol–water partition coefficient (Wildman–Crippen LogP) is 3.39. The van der Waals surface area contributed by atoms with E-state index in [9.17, 15) is 0 Å². The number of guanidine groups is 1. The van der Waals surface area contributed by atoms with Crippen LogP contribution in [-0.4, -0.2) is 57.0 Å². The Bertz CT molecular complexity index is 741. The van der Waals surface area contributed by atoms with Crippen molar-refractivity contribution in [3.05, 3.63) is 35.5 Å². The monoisotopic (exact) mass is 500 g/mol. The van der Waals surface area contributed by atoms with Gasteiger partial charge in [-0.3, -0.25) is 4.99 Å². The Labute approximate surface area is 184 Å². The van der Waals surface area contributed by atoms with Crippen molar-refractivity contribution in [1.82, 2.24) is 15.6 Å². The number of para-hydroxylation sites is 1. The van der Waals surface area contributed by atoms with Gasteiger partial charge in [0.15, 0.2) is 5.96 Å². The zero-order chi connectivity index (χ0) is 18.9. The third-order valence-electron chi connectivity index (χ3n) is 5.01. The van der Waals surface area contributed by atoms with E-state index in [0.29, 0.717) is 6.10 Å². The van der Waals surface area contributed by atoms with E-state index in [2.05, 4.69) is 51.9 Å². The maximum Gasteiger partial charge on any atom is 0.190 e. The van der Waals surface area contributed by atoms with E-state index in [0.717, 1.165) is 64.6 Å². The van der Waals surface area contributed by atoms with Crippen LogP contribution in [0.25, 0.3) is 10.9 Å². The highest BCUT2D eigenvalue weighted by atomic mass is 127. The highest BCUT2D eigenvalue weighted by Gasteiger charge is 2.14. The van der Waals surface area contributed by atoms with Crippen LogP contribution in [0.1, 0.15) is 30.4 Å². The molecule has 28 heavy (non-hydrogen) atoms. The van der Waals surface area contributed by atoms with Crippen molar-refractivity contribution in [3.8, 4) is 0 Å². The molecule has 3 rings (SSSR count).